The molecule has 1 aromatic carbocycles. The van der Waals surface area contributed by atoms with Crippen LogP contribution in [0.15, 0.2) is 41.1 Å². The summed E-state index contributed by atoms with van der Waals surface area (Å²) in [5.74, 6) is 0.589. The van der Waals surface area contributed by atoms with Crippen LogP contribution in [-0.4, -0.2) is 0 Å². The van der Waals surface area contributed by atoms with Gasteiger partial charge in [-0.2, -0.15) is 11.3 Å². The first-order valence-electron chi connectivity index (χ1n) is 4.90. The molecule has 72 valence electrons. The first kappa shape index (κ1) is 9.47. The average molecular weight is 202 g/mol. The Labute approximate surface area is 89.2 Å². The van der Waals surface area contributed by atoms with Crippen molar-refractivity contribution in [1.82, 2.24) is 0 Å². The molecule has 0 aliphatic rings. The van der Waals surface area contributed by atoms with Crippen LogP contribution in [0.25, 0.3) is 11.1 Å². The first-order chi connectivity index (χ1) is 6.79. The topological polar surface area (TPSA) is 0 Å². The molecule has 0 unspecified atom stereocenters. The molecule has 0 saturated heterocycles. The van der Waals surface area contributed by atoms with Crippen molar-refractivity contribution in [3.63, 3.8) is 0 Å². The minimum atomic E-state index is 0.589. The van der Waals surface area contributed by atoms with Crippen molar-refractivity contribution in [3.05, 3.63) is 46.7 Å². The molecule has 1 heteroatoms. The Hall–Kier alpha value is -1.08. The van der Waals surface area contributed by atoms with Crippen LogP contribution in [0, 0.1) is 0 Å². The molecule has 0 radical (unpaired) electrons. The Bertz CT molecular complexity index is 399. The predicted molar refractivity (Wildman–Crippen MR) is 63.8 cm³/mol. The van der Waals surface area contributed by atoms with Gasteiger partial charge in [0, 0.05) is 0 Å². The summed E-state index contributed by atoms with van der Waals surface area (Å²) >= 11 is 1.75. The zero-order valence-electron chi connectivity index (χ0n) is 8.53. The third-order valence-corrected chi connectivity index (χ3v) is 3.10. The highest BCUT2D eigenvalue weighted by molar-refractivity contribution is 7.08. The summed E-state index contributed by atoms with van der Waals surface area (Å²) in [7, 11) is 0. The number of rotatable bonds is 2. The Balaban J connectivity index is 2.53. The molecule has 0 spiro atoms. The van der Waals surface area contributed by atoms with Gasteiger partial charge >= 0.3 is 0 Å². The molecule has 0 N–H and O–H groups in total. The lowest BCUT2D eigenvalue weighted by Gasteiger charge is -2.10. The molecule has 2 aromatic rings. The lowest BCUT2D eigenvalue weighted by atomic mass is 9.94. The van der Waals surface area contributed by atoms with Gasteiger partial charge in [0.15, 0.2) is 0 Å². The summed E-state index contributed by atoms with van der Waals surface area (Å²) in [6.07, 6.45) is 0. The summed E-state index contributed by atoms with van der Waals surface area (Å²) in [6, 6.07) is 10.8. The minimum Gasteiger partial charge on any atom is -0.152 e. The zero-order chi connectivity index (χ0) is 9.97. The summed E-state index contributed by atoms with van der Waals surface area (Å²) in [4.78, 5) is 0. The van der Waals surface area contributed by atoms with Crippen molar-refractivity contribution in [2.75, 3.05) is 0 Å². The summed E-state index contributed by atoms with van der Waals surface area (Å²) in [6.45, 7) is 4.48. The second kappa shape index (κ2) is 3.97. The van der Waals surface area contributed by atoms with Crippen molar-refractivity contribution in [2.24, 2.45) is 0 Å². The third-order valence-electron chi connectivity index (χ3n) is 2.41. The number of thiophene rings is 1. The molecule has 0 nitrogen and oxygen atoms in total. The molecular weight excluding hydrogens is 188 g/mol. The van der Waals surface area contributed by atoms with Gasteiger partial charge in [-0.3, -0.25) is 0 Å². The second-order valence-corrected chi connectivity index (χ2v) is 4.53. The fourth-order valence-corrected chi connectivity index (χ4v) is 2.34. The molecule has 1 aromatic heterocycles. The highest BCUT2D eigenvalue weighted by Crippen LogP contribution is 2.30. The van der Waals surface area contributed by atoms with E-state index in [1.165, 1.54) is 16.7 Å². The number of hydrogen-bond acceptors (Lipinski definition) is 1. The normalized spacial score (nSPS) is 10.8. The second-order valence-electron chi connectivity index (χ2n) is 3.75. The predicted octanol–water partition coefficient (Wildman–Crippen LogP) is 4.54. The molecule has 0 bridgehead atoms. The molecule has 0 atom stereocenters. The van der Waals surface area contributed by atoms with E-state index >= 15 is 0 Å². The van der Waals surface area contributed by atoms with Crippen molar-refractivity contribution in [1.29, 1.82) is 0 Å². The largest absolute Gasteiger partial charge is 0.152 e. The number of hydrogen-bond donors (Lipinski definition) is 0. The van der Waals surface area contributed by atoms with Crippen LogP contribution in [0.4, 0.5) is 0 Å². The molecule has 0 saturated carbocycles. The SMILES string of the molecule is CC(C)c1ccccc1-c1ccsc1. The fourth-order valence-electron chi connectivity index (χ4n) is 1.68. The van der Waals surface area contributed by atoms with Crippen molar-refractivity contribution < 1.29 is 0 Å². The van der Waals surface area contributed by atoms with E-state index in [2.05, 4.69) is 54.9 Å². The summed E-state index contributed by atoms with van der Waals surface area (Å²) in [5.41, 5.74) is 4.16. The van der Waals surface area contributed by atoms with Crippen LogP contribution in [0.5, 0.6) is 0 Å². The van der Waals surface area contributed by atoms with Crippen LogP contribution < -0.4 is 0 Å². The van der Waals surface area contributed by atoms with E-state index in [-0.39, 0.29) is 0 Å². The Morgan fingerprint density at radius 2 is 1.86 bits per heavy atom. The molecule has 1 heterocycles. The van der Waals surface area contributed by atoms with E-state index in [1.807, 2.05) is 0 Å². The van der Waals surface area contributed by atoms with Crippen LogP contribution in [0.3, 0.4) is 0 Å². The Morgan fingerprint density at radius 1 is 1.07 bits per heavy atom. The zero-order valence-corrected chi connectivity index (χ0v) is 9.34. The molecule has 0 aliphatic carbocycles. The molecule has 2 rings (SSSR count). The van der Waals surface area contributed by atoms with Gasteiger partial charge in [-0.25, -0.2) is 0 Å². The van der Waals surface area contributed by atoms with Gasteiger partial charge in [-0.15, -0.1) is 0 Å². The van der Waals surface area contributed by atoms with Crippen molar-refractivity contribution in [2.45, 2.75) is 19.8 Å². The smallest absolute Gasteiger partial charge is 0.00146 e. The lowest BCUT2D eigenvalue weighted by Crippen LogP contribution is -1.90. The highest BCUT2D eigenvalue weighted by atomic mass is 32.1. The molecular formula is C13H14S. The quantitative estimate of drug-likeness (QED) is 0.670. The van der Waals surface area contributed by atoms with Crippen LogP contribution in [0.1, 0.15) is 25.3 Å². The molecule has 0 aliphatic heterocycles. The Morgan fingerprint density at radius 3 is 2.50 bits per heavy atom. The Kier molecular flexibility index (Phi) is 2.69. The number of benzene rings is 1. The molecule has 0 fully saturated rings. The van der Waals surface area contributed by atoms with E-state index < -0.39 is 0 Å². The van der Waals surface area contributed by atoms with Gasteiger partial charge in [0.1, 0.15) is 0 Å². The van der Waals surface area contributed by atoms with Gasteiger partial charge in [0.05, 0.1) is 0 Å². The maximum absolute atomic E-state index is 2.24. The standard InChI is InChI=1S/C13H14S/c1-10(2)12-5-3-4-6-13(12)11-7-8-14-9-11/h3-10H,1-2H3. The maximum Gasteiger partial charge on any atom is -0.00146 e. The van der Waals surface area contributed by atoms with Gasteiger partial charge in [0.25, 0.3) is 0 Å². The van der Waals surface area contributed by atoms with Crippen molar-refractivity contribution >= 4 is 11.3 Å². The van der Waals surface area contributed by atoms with Crippen LogP contribution in [-0.2, 0) is 0 Å². The fraction of sp³-hybridized carbons (Fsp3) is 0.231. The van der Waals surface area contributed by atoms with Gasteiger partial charge < -0.3 is 0 Å². The van der Waals surface area contributed by atoms with E-state index in [4.69, 9.17) is 0 Å². The van der Waals surface area contributed by atoms with E-state index in [9.17, 15) is 0 Å². The third kappa shape index (κ3) is 1.73. The molecule has 0 amide bonds. The first-order valence-corrected chi connectivity index (χ1v) is 5.85. The van der Waals surface area contributed by atoms with Crippen LogP contribution >= 0.6 is 11.3 Å². The average Bonchev–Trinajstić information content (AvgIpc) is 2.70. The monoisotopic (exact) mass is 202 g/mol. The minimum absolute atomic E-state index is 0.589. The summed E-state index contributed by atoms with van der Waals surface area (Å²) in [5, 5.41) is 4.34. The van der Waals surface area contributed by atoms with Gasteiger partial charge in [0.2, 0.25) is 0 Å². The van der Waals surface area contributed by atoms with Gasteiger partial charge in [-0.05, 0) is 39.4 Å². The van der Waals surface area contributed by atoms with E-state index in [0.29, 0.717) is 5.92 Å². The molecule has 14 heavy (non-hydrogen) atoms. The van der Waals surface area contributed by atoms with E-state index in [1.54, 1.807) is 11.3 Å². The summed E-state index contributed by atoms with van der Waals surface area (Å²) < 4.78 is 0. The van der Waals surface area contributed by atoms with Gasteiger partial charge in [-0.1, -0.05) is 38.1 Å². The maximum atomic E-state index is 2.24. The van der Waals surface area contributed by atoms with E-state index in [0.717, 1.165) is 0 Å². The lowest BCUT2D eigenvalue weighted by molar-refractivity contribution is 0.869. The highest BCUT2D eigenvalue weighted by Gasteiger charge is 2.07. The van der Waals surface area contributed by atoms with Crippen LogP contribution in [0.2, 0.25) is 0 Å². The van der Waals surface area contributed by atoms with Crippen molar-refractivity contribution in [3.8, 4) is 11.1 Å².